The standard InChI is InChI=1S/C16H27N3/c1-12(2)17-9-15-8-13(3)16(18-10-15)19(4)11-14-6-5-7-14/h8,10,12,14,17H,5-7,9,11H2,1-4H3. The third kappa shape index (κ3) is 3.93. The minimum atomic E-state index is 0.515. The van der Waals surface area contributed by atoms with Gasteiger partial charge in [-0.15, -0.1) is 0 Å². The van der Waals surface area contributed by atoms with Crippen molar-refractivity contribution in [1.29, 1.82) is 0 Å². The maximum absolute atomic E-state index is 4.65. The third-order valence-electron chi connectivity index (χ3n) is 3.94. The van der Waals surface area contributed by atoms with Crippen molar-refractivity contribution in [3.63, 3.8) is 0 Å². The number of rotatable bonds is 6. The molecule has 0 spiro atoms. The molecule has 1 aliphatic carbocycles. The monoisotopic (exact) mass is 261 g/mol. The molecule has 0 aromatic carbocycles. The van der Waals surface area contributed by atoms with E-state index in [-0.39, 0.29) is 0 Å². The summed E-state index contributed by atoms with van der Waals surface area (Å²) in [6, 6.07) is 2.77. The molecule has 1 heterocycles. The van der Waals surface area contributed by atoms with E-state index in [1.807, 2.05) is 6.20 Å². The van der Waals surface area contributed by atoms with Crippen LogP contribution in [0.1, 0.15) is 44.2 Å². The summed E-state index contributed by atoms with van der Waals surface area (Å²) in [5.74, 6) is 2.02. The molecule has 0 atom stereocenters. The van der Waals surface area contributed by atoms with Crippen LogP contribution in [0.25, 0.3) is 0 Å². The first-order valence-electron chi connectivity index (χ1n) is 7.46. The van der Waals surface area contributed by atoms with Gasteiger partial charge in [-0.2, -0.15) is 0 Å². The van der Waals surface area contributed by atoms with Gasteiger partial charge in [-0.1, -0.05) is 20.3 Å². The first-order chi connectivity index (χ1) is 9.06. The molecule has 3 nitrogen and oxygen atoms in total. The highest BCUT2D eigenvalue weighted by Crippen LogP contribution is 2.28. The zero-order valence-corrected chi connectivity index (χ0v) is 12.7. The van der Waals surface area contributed by atoms with E-state index in [9.17, 15) is 0 Å². The quantitative estimate of drug-likeness (QED) is 0.853. The summed E-state index contributed by atoms with van der Waals surface area (Å²) in [4.78, 5) is 6.97. The van der Waals surface area contributed by atoms with Crippen molar-refractivity contribution >= 4 is 5.82 Å². The molecule has 1 aromatic rings. The third-order valence-corrected chi connectivity index (χ3v) is 3.94. The number of anilines is 1. The molecule has 0 amide bonds. The maximum Gasteiger partial charge on any atom is 0.131 e. The van der Waals surface area contributed by atoms with Gasteiger partial charge >= 0.3 is 0 Å². The van der Waals surface area contributed by atoms with Crippen LogP contribution in [0.4, 0.5) is 5.82 Å². The minimum Gasteiger partial charge on any atom is -0.359 e. The number of pyridine rings is 1. The number of hydrogen-bond acceptors (Lipinski definition) is 3. The number of hydrogen-bond donors (Lipinski definition) is 1. The molecule has 1 aliphatic rings. The summed E-state index contributed by atoms with van der Waals surface area (Å²) in [5.41, 5.74) is 2.55. The minimum absolute atomic E-state index is 0.515. The van der Waals surface area contributed by atoms with Gasteiger partial charge in [0.15, 0.2) is 0 Å². The second-order valence-electron chi connectivity index (χ2n) is 6.20. The Kier molecular flexibility index (Phi) is 4.81. The zero-order valence-electron chi connectivity index (χ0n) is 12.7. The molecular formula is C16H27N3. The van der Waals surface area contributed by atoms with Crippen molar-refractivity contribution < 1.29 is 0 Å². The molecule has 106 valence electrons. The fourth-order valence-corrected chi connectivity index (χ4v) is 2.59. The van der Waals surface area contributed by atoms with E-state index in [0.717, 1.165) is 24.8 Å². The molecule has 0 bridgehead atoms. The van der Waals surface area contributed by atoms with Gasteiger partial charge in [0.05, 0.1) is 0 Å². The number of nitrogens with one attached hydrogen (secondary N) is 1. The SMILES string of the molecule is Cc1cc(CNC(C)C)cnc1N(C)CC1CCC1. The van der Waals surface area contributed by atoms with E-state index in [1.165, 1.54) is 30.4 Å². The predicted molar refractivity (Wildman–Crippen MR) is 81.6 cm³/mol. The first-order valence-corrected chi connectivity index (χ1v) is 7.46. The fraction of sp³-hybridized carbons (Fsp3) is 0.688. The smallest absolute Gasteiger partial charge is 0.131 e. The Hall–Kier alpha value is -1.09. The zero-order chi connectivity index (χ0) is 13.8. The van der Waals surface area contributed by atoms with Crippen LogP contribution in [0, 0.1) is 12.8 Å². The molecule has 0 aliphatic heterocycles. The van der Waals surface area contributed by atoms with E-state index < -0.39 is 0 Å². The summed E-state index contributed by atoms with van der Waals surface area (Å²) < 4.78 is 0. The number of nitrogens with zero attached hydrogens (tertiary/aromatic N) is 2. The van der Waals surface area contributed by atoms with Gasteiger partial charge in [-0.25, -0.2) is 4.98 Å². The lowest BCUT2D eigenvalue weighted by Gasteiger charge is -2.31. The molecule has 0 unspecified atom stereocenters. The molecule has 1 N–H and O–H groups in total. The van der Waals surface area contributed by atoms with Gasteiger partial charge in [-0.3, -0.25) is 0 Å². The summed E-state index contributed by atoms with van der Waals surface area (Å²) in [5, 5.41) is 3.43. The Morgan fingerprint density at radius 1 is 1.42 bits per heavy atom. The molecule has 19 heavy (non-hydrogen) atoms. The lowest BCUT2D eigenvalue weighted by atomic mass is 9.85. The summed E-state index contributed by atoms with van der Waals surface area (Å²) in [7, 11) is 2.17. The highest BCUT2D eigenvalue weighted by Gasteiger charge is 2.20. The van der Waals surface area contributed by atoms with Gasteiger partial charge < -0.3 is 10.2 Å². The van der Waals surface area contributed by atoms with Crippen molar-refractivity contribution in [3.8, 4) is 0 Å². The van der Waals surface area contributed by atoms with Crippen molar-refractivity contribution in [2.24, 2.45) is 5.92 Å². The molecule has 2 rings (SSSR count). The van der Waals surface area contributed by atoms with Gasteiger partial charge in [0.2, 0.25) is 0 Å². The predicted octanol–water partition coefficient (Wildman–Crippen LogP) is 3.12. The summed E-state index contributed by atoms with van der Waals surface area (Å²) in [6.45, 7) is 8.55. The maximum atomic E-state index is 4.65. The Morgan fingerprint density at radius 3 is 2.68 bits per heavy atom. The lowest BCUT2D eigenvalue weighted by molar-refractivity contribution is 0.321. The van der Waals surface area contributed by atoms with Crippen LogP contribution in [0.5, 0.6) is 0 Å². The number of aromatic nitrogens is 1. The number of aryl methyl sites for hydroxylation is 1. The van der Waals surface area contributed by atoms with Crippen LogP contribution in [-0.2, 0) is 6.54 Å². The van der Waals surface area contributed by atoms with Crippen LogP contribution in [0.2, 0.25) is 0 Å². The van der Waals surface area contributed by atoms with E-state index >= 15 is 0 Å². The van der Waals surface area contributed by atoms with E-state index in [4.69, 9.17) is 0 Å². The van der Waals surface area contributed by atoms with Gasteiger partial charge in [0.1, 0.15) is 5.82 Å². The molecule has 0 radical (unpaired) electrons. The molecule has 1 fully saturated rings. The van der Waals surface area contributed by atoms with Crippen LogP contribution < -0.4 is 10.2 Å². The topological polar surface area (TPSA) is 28.2 Å². The second kappa shape index (κ2) is 6.38. The Morgan fingerprint density at radius 2 is 2.16 bits per heavy atom. The average Bonchev–Trinajstić information content (AvgIpc) is 2.31. The van der Waals surface area contributed by atoms with Crippen LogP contribution in [-0.4, -0.2) is 24.6 Å². The molecule has 3 heteroatoms. The van der Waals surface area contributed by atoms with Crippen LogP contribution in [0.15, 0.2) is 12.3 Å². The second-order valence-corrected chi connectivity index (χ2v) is 6.20. The van der Waals surface area contributed by atoms with Gasteiger partial charge in [0.25, 0.3) is 0 Å². The molecule has 1 aromatic heterocycles. The Balaban J connectivity index is 1.97. The summed E-state index contributed by atoms with van der Waals surface area (Å²) >= 11 is 0. The van der Waals surface area contributed by atoms with E-state index in [0.29, 0.717) is 6.04 Å². The van der Waals surface area contributed by atoms with E-state index in [2.05, 4.69) is 49.1 Å². The molecule has 1 saturated carbocycles. The Labute approximate surface area is 117 Å². The fourth-order valence-electron chi connectivity index (χ4n) is 2.59. The van der Waals surface area contributed by atoms with Gasteiger partial charge in [0, 0.05) is 32.4 Å². The highest BCUT2D eigenvalue weighted by atomic mass is 15.2. The highest BCUT2D eigenvalue weighted by molar-refractivity contribution is 5.46. The normalized spacial score (nSPS) is 15.6. The largest absolute Gasteiger partial charge is 0.359 e. The van der Waals surface area contributed by atoms with Crippen molar-refractivity contribution in [2.45, 2.75) is 52.6 Å². The summed E-state index contributed by atoms with van der Waals surface area (Å²) in [6.07, 6.45) is 6.19. The molecular weight excluding hydrogens is 234 g/mol. The average molecular weight is 261 g/mol. The van der Waals surface area contributed by atoms with Crippen molar-refractivity contribution in [2.75, 3.05) is 18.5 Å². The van der Waals surface area contributed by atoms with Crippen LogP contribution >= 0.6 is 0 Å². The van der Waals surface area contributed by atoms with Crippen molar-refractivity contribution in [3.05, 3.63) is 23.4 Å². The van der Waals surface area contributed by atoms with Gasteiger partial charge in [-0.05, 0) is 42.9 Å². The van der Waals surface area contributed by atoms with Crippen LogP contribution in [0.3, 0.4) is 0 Å². The molecule has 0 saturated heterocycles. The lowest BCUT2D eigenvalue weighted by Crippen LogP contribution is -2.30. The Bertz CT molecular complexity index is 410. The van der Waals surface area contributed by atoms with Crippen molar-refractivity contribution in [1.82, 2.24) is 10.3 Å². The van der Waals surface area contributed by atoms with E-state index in [1.54, 1.807) is 0 Å². The first kappa shape index (κ1) is 14.3.